The lowest BCUT2D eigenvalue weighted by Gasteiger charge is -2.13. The molecule has 108 valence electrons. The molecule has 0 radical (unpaired) electrons. The van der Waals surface area contributed by atoms with Gasteiger partial charge >= 0.3 is 12.0 Å². The molecule has 1 atom stereocenters. The van der Waals surface area contributed by atoms with Gasteiger partial charge in [0.1, 0.15) is 5.75 Å². The third kappa shape index (κ3) is 3.39. The van der Waals surface area contributed by atoms with Crippen molar-refractivity contribution in [3.05, 3.63) is 23.8 Å². The summed E-state index contributed by atoms with van der Waals surface area (Å²) in [4.78, 5) is 23.0. The zero-order valence-corrected chi connectivity index (χ0v) is 11.0. The number of benzene rings is 1. The van der Waals surface area contributed by atoms with Crippen molar-refractivity contribution in [2.45, 2.75) is 12.5 Å². The Hall–Kier alpha value is -2.28. The van der Waals surface area contributed by atoms with E-state index in [1.165, 1.54) is 19.2 Å². The highest BCUT2D eigenvalue weighted by atomic mass is 16.5. The number of rotatable bonds is 4. The maximum atomic E-state index is 11.8. The van der Waals surface area contributed by atoms with Gasteiger partial charge in [0.2, 0.25) is 0 Å². The number of ether oxygens (including phenoxy) is 2. The molecule has 2 rings (SSSR count). The molecule has 0 spiro atoms. The van der Waals surface area contributed by atoms with E-state index >= 15 is 0 Å². The lowest BCUT2D eigenvalue weighted by Crippen LogP contribution is -2.38. The van der Waals surface area contributed by atoms with Crippen LogP contribution >= 0.6 is 0 Å². The lowest BCUT2D eigenvalue weighted by molar-refractivity contribution is 0.0697. The molecule has 0 saturated carbocycles. The minimum atomic E-state index is -1.14. The minimum Gasteiger partial charge on any atom is -0.497 e. The highest BCUT2D eigenvalue weighted by molar-refractivity contribution is 6.00. The second kappa shape index (κ2) is 6.25. The predicted octanol–water partition coefficient (Wildman–Crippen LogP) is 1.30. The fourth-order valence-corrected chi connectivity index (χ4v) is 1.93. The smallest absolute Gasteiger partial charge is 0.337 e. The SMILES string of the molecule is COc1ccc(NC(=O)NC2CCOC2)c(C(=O)O)c1. The van der Waals surface area contributed by atoms with Crippen LogP contribution in [0.2, 0.25) is 0 Å². The van der Waals surface area contributed by atoms with Gasteiger partial charge < -0.3 is 25.2 Å². The fourth-order valence-electron chi connectivity index (χ4n) is 1.93. The van der Waals surface area contributed by atoms with Crippen LogP contribution < -0.4 is 15.4 Å². The number of carbonyl (C=O) groups is 2. The topological polar surface area (TPSA) is 96.9 Å². The Bertz CT molecular complexity index is 511. The van der Waals surface area contributed by atoms with E-state index < -0.39 is 12.0 Å². The average Bonchev–Trinajstić information content (AvgIpc) is 2.91. The van der Waals surface area contributed by atoms with E-state index in [2.05, 4.69) is 10.6 Å². The Morgan fingerprint density at radius 1 is 1.45 bits per heavy atom. The Morgan fingerprint density at radius 3 is 2.85 bits per heavy atom. The second-order valence-electron chi connectivity index (χ2n) is 4.38. The van der Waals surface area contributed by atoms with Gasteiger partial charge in [0, 0.05) is 6.61 Å². The van der Waals surface area contributed by atoms with Gasteiger partial charge in [-0.3, -0.25) is 0 Å². The Balaban J connectivity index is 2.07. The summed E-state index contributed by atoms with van der Waals surface area (Å²) in [5.41, 5.74) is 0.192. The Morgan fingerprint density at radius 2 is 2.25 bits per heavy atom. The van der Waals surface area contributed by atoms with Gasteiger partial charge in [0.05, 0.1) is 31.0 Å². The van der Waals surface area contributed by atoms with Crippen molar-refractivity contribution in [1.29, 1.82) is 0 Å². The minimum absolute atomic E-state index is 0.0258. The predicted molar refractivity (Wildman–Crippen MR) is 71.3 cm³/mol. The number of urea groups is 1. The molecule has 20 heavy (non-hydrogen) atoms. The van der Waals surface area contributed by atoms with E-state index in [0.717, 1.165) is 6.42 Å². The molecule has 7 heteroatoms. The van der Waals surface area contributed by atoms with Crippen molar-refractivity contribution in [2.75, 3.05) is 25.6 Å². The summed E-state index contributed by atoms with van der Waals surface area (Å²) < 4.78 is 10.1. The molecule has 1 aromatic rings. The van der Waals surface area contributed by atoms with Crippen molar-refractivity contribution in [3.8, 4) is 5.75 Å². The number of methoxy groups -OCH3 is 1. The van der Waals surface area contributed by atoms with Crippen LogP contribution in [0.4, 0.5) is 10.5 Å². The normalized spacial score (nSPS) is 17.6. The van der Waals surface area contributed by atoms with Crippen molar-refractivity contribution < 1.29 is 24.2 Å². The highest BCUT2D eigenvalue weighted by Crippen LogP contribution is 2.22. The van der Waals surface area contributed by atoms with Crippen LogP contribution in [0.15, 0.2) is 18.2 Å². The zero-order chi connectivity index (χ0) is 14.5. The molecule has 1 aromatic carbocycles. The molecule has 2 amide bonds. The summed E-state index contributed by atoms with van der Waals surface area (Å²) in [6.45, 7) is 1.09. The third-order valence-corrected chi connectivity index (χ3v) is 2.97. The lowest BCUT2D eigenvalue weighted by atomic mass is 10.1. The molecule has 1 aliphatic heterocycles. The number of aromatic carboxylic acids is 1. The van der Waals surface area contributed by atoms with E-state index in [1.54, 1.807) is 6.07 Å². The van der Waals surface area contributed by atoms with Gasteiger partial charge in [-0.15, -0.1) is 0 Å². The van der Waals surface area contributed by atoms with Crippen LogP contribution in [-0.4, -0.2) is 43.5 Å². The van der Waals surface area contributed by atoms with Crippen LogP contribution in [0.1, 0.15) is 16.8 Å². The summed E-state index contributed by atoms with van der Waals surface area (Å²) in [6.07, 6.45) is 0.752. The number of nitrogens with one attached hydrogen (secondary N) is 2. The summed E-state index contributed by atoms with van der Waals surface area (Å²) in [5.74, 6) is -0.721. The Labute approximate surface area is 115 Å². The highest BCUT2D eigenvalue weighted by Gasteiger charge is 2.19. The number of amides is 2. The second-order valence-corrected chi connectivity index (χ2v) is 4.38. The Kier molecular flexibility index (Phi) is 4.41. The summed E-state index contributed by atoms with van der Waals surface area (Å²) >= 11 is 0. The third-order valence-electron chi connectivity index (χ3n) is 2.97. The monoisotopic (exact) mass is 280 g/mol. The van der Waals surface area contributed by atoms with E-state index in [-0.39, 0.29) is 17.3 Å². The van der Waals surface area contributed by atoms with E-state index in [4.69, 9.17) is 14.6 Å². The molecule has 3 N–H and O–H groups in total. The van der Waals surface area contributed by atoms with Crippen molar-refractivity contribution in [2.24, 2.45) is 0 Å². The van der Waals surface area contributed by atoms with Crippen LogP contribution in [0.25, 0.3) is 0 Å². The van der Waals surface area contributed by atoms with Gasteiger partial charge in [-0.05, 0) is 24.6 Å². The van der Waals surface area contributed by atoms with Gasteiger partial charge in [0.25, 0.3) is 0 Å². The van der Waals surface area contributed by atoms with E-state index in [0.29, 0.717) is 19.0 Å². The van der Waals surface area contributed by atoms with Gasteiger partial charge in [-0.2, -0.15) is 0 Å². The molecule has 1 fully saturated rings. The fraction of sp³-hybridized carbons (Fsp3) is 0.385. The van der Waals surface area contributed by atoms with Crippen LogP contribution in [0.3, 0.4) is 0 Å². The van der Waals surface area contributed by atoms with Crippen LogP contribution in [0.5, 0.6) is 5.75 Å². The molecule has 1 unspecified atom stereocenters. The maximum absolute atomic E-state index is 11.8. The number of hydrogen-bond acceptors (Lipinski definition) is 4. The zero-order valence-electron chi connectivity index (χ0n) is 11.0. The first-order valence-corrected chi connectivity index (χ1v) is 6.16. The van der Waals surface area contributed by atoms with E-state index in [9.17, 15) is 9.59 Å². The quantitative estimate of drug-likeness (QED) is 0.772. The molecule has 1 aliphatic rings. The summed E-state index contributed by atoms with van der Waals surface area (Å²) in [5, 5.41) is 14.4. The number of carboxylic acids is 1. The molecule has 1 heterocycles. The molecule has 1 saturated heterocycles. The molecular weight excluding hydrogens is 264 g/mol. The molecule has 0 bridgehead atoms. The van der Waals surface area contributed by atoms with Gasteiger partial charge in [-0.1, -0.05) is 0 Å². The summed E-state index contributed by atoms with van der Waals surface area (Å²) in [6, 6.07) is 3.94. The number of hydrogen-bond donors (Lipinski definition) is 3. The van der Waals surface area contributed by atoms with Crippen molar-refractivity contribution >= 4 is 17.7 Å². The van der Waals surface area contributed by atoms with Crippen molar-refractivity contribution in [1.82, 2.24) is 5.32 Å². The molecule has 0 aliphatic carbocycles. The van der Waals surface area contributed by atoms with Gasteiger partial charge in [-0.25, -0.2) is 9.59 Å². The number of carboxylic acid groups (broad SMARTS) is 1. The first-order chi connectivity index (χ1) is 9.60. The van der Waals surface area contributed by atoms with Crippen LogP contribution in [0, 0.1) is 0 Å². The molecule has 7 nitrogen and oxygen atoms in total. The molecule has 0 aromatic heterocycles. The average molecular weight is 280 g/mol. The standard InChI is InChI=1S/C13H16N2O5/c1-19-9-2-3-11(10(6-9)12(16)17)15-13(18)14-8-4-5-20-7-8/h2-3,6,8H,4-5,7H2,1H3,(H,16,17)(H2,14,15,18). The number of carbonyl (C=O) groups excluding carboxylic acids is 1. The van der Waals surface area contributed by atoms with Crippen molar-refractivity contribution in [3.63, 3.8) is 0 Å². The first kappa shape index (κ1) is 14.1. The summed E-state index contributed by atoms with van der Waals surface area (Å²) in [7, 11) is 1.45. The largest absolute Gasteiger partial charge is 0.497 e. The molecular formula is C13H16N2O5. The first-order valence-electron chi connectivity index (χ1n) is 6.16. The van der Waals surface area contributed by atoms with Gasteiger partial charge in [0.15, 0.2) is 0 Å². The number of anilines is 1. The maximum Gasteiger partial charge on any atom is 0.337 e. The van der Waals surface area contributed by atoms with Crippen LogP contribution in [-0.2, 0) is 4.74 Å². The van der Waals surface area contributed by atoms with E-state index in [1.807, 2.05) is 0 Å².